The molecule has 2 aromatic carbocycles. The zero-order chi connectivity index (χ0) is 22.9. The lowest BCUT2D eigenvalue weighted by Gasteiger charge is -2.38. The molecule has 1 fully saturated rings. The number of piperidine rings is 1. The summed E-state index contributed by atoms with van der Waals surface area (Å²) >= 11 is 0. The van der Waals surface area contributed by atoms with Crippen LogP contribution in [0, 0.1) is 0 Å². The van der Waals surface area contributed by atoms with Gasteiger partial charge in [-0.3, -0.25) is 14.7 Å². The predicted octanol–water partition coefficient (Wildman–Crippen LogP) is 5.18. The molecule has 0 spiro atoms. The quantitative estimate of drug-likeness (QED) is 0.457. The van der Waals surface area contributed by atoms with Crippen molar-refractivity contribution in [1.29, 1.82) is 0 Å². The molecule has 0 bridgehead atoms. The molecule has 0 atom stereocenters. The fourth-order valence-electron chi connectivity index (χ4n) is 4.44. The highest BCUT2D eigenvalue weighted by Gasteiger charge is 2.27. The first-order chi connectivity index (χ1) is 16.2. The summed E-state index contributed by atoms with van der Waals surface area (Å²) in [6, 6.07) is 24.4. The number of ether oxygens (including phenoxy) is 1. The first kappa shape index (κ1) is 23.0. The average molecular weight is 444 g/mol. The summed E-state index contributed by atoms with van der Waals surface area (Å²) < 4.78 is 5.87. The normalized spacial score (nSPS) is 14.4. The molecule has 2 heterocycles. The molecule has 1 aliphatic rings. The van der Waals surface area contributed by atoms with Crippen LogP contribution in [0.2, 0.25) is 0 Å². The van der Waals surface area contributed by atoms with Crippen molar-refractivity contribution in [3.63, 3.8) is 0 Å². The molecule has 1 saturated heterocycles. The molecule has 0 aliphatic carbocycles. The van der Waals surface area contributed by atoms with Gasteiger partial charge in [0.15, 0.2) is 0 Å². The van der Waals surface area contributed by atoms with Gasteiger partial charge in [-0.2, -0.15) is 0 Å². The number of carbonyl (C=O) groups is 1. The van der Waals surface area contributed by atoms with Gasteiger partial charge >= 0.3 is 0 Å². The van der Waals surface area contributed by atoms with Gasteiger partial charge in [0, 0.05) is 37.4 Å². The lowest BCUT2D eigenvalue weighted by molar-refractivity contribution is 0.0607. The van der Waals surface area contributed by atoms with Gasteiger partial charge in [-0.1, -0.05) is 43.3 Å². The molecular weight excluding hydrogens is 410 g/mol. The number of hydrogen-bond donors (Lipinski definition) is 0. The van der Waals surface area contributed by atoms with Gasteiger partial charge in [-0.15, -0.1) is 0 Å². The van der Waals surface area contributed by atoms with Crippen LogP contribution in [0.5, 0.6) is 5.75 Å². The fourth-order valence-corrected chi connectivity index (χ4v) is 4.44. The predicted molar refractivity (Wildman–Crippen MR) is 131 cm³/mol. The van der Waals surface area contributed by atoms with Crippen LogP contribution in [0.15, 0.2) is 79.0 Å². The summed E-state index contributed by atoms with van der Waals surface area (Å²) in [5.41, 5.74) is 3.00. The van der Waals surface area contributed by atoms with Crippen LogP contribution in [-0.2, 0) is 13.2 Å². The Hall–Kier alpha value is -3.18. The number of pyridine rings is 1. The zero-order valence-corrected chi connectivity index (χ0v) is 19.4. The van der Waals surface area contributed by atoms with Crippen molar-refractivity contribution in [1.82, 2.24) is 14.8 Å². The number of likely N-dealkylation sites (tertiary alicyclic amines) is 1. The van der Waals surface area contributed by atoms with Gasteiger partial charge in [-0.05, 0) is 67.8 Å². The van der Waals surface area contributed by atoms with Crippen molar-refractivity contribution in [2.45, 2.75) is 45.4 Å². The molecule has 0 N–H and O–H groups in total. The van der Waals surface area contributed by atoms with Crippen molar-refractivity contribution in [2.24, 2.45) is 0 Å². The number of amides is 1. The number of benzene rings is 2. The summed E-state index contributed by atoms with van der Waals surface area (Å²) in [6.45, 7) is 6.33. The maximum absolute atomic E-state index is 12.8. The number of nitrogens with zero attached hydrogens (tertiary/aromatic N) is 3. The Morgan fingerprint density at radius 2 is 1.73 bits per heavy atom. The Kier molecular flexibility index (Phi) is 8.09. The highest BCUT2D eigenvalue weighted by atomic mass is 16.5. The maximum atomic E-state index is 12.8. The third kappa shape index (κ3) is 6.42. The lowest BCUT2D eigenvalue weighted by atomic mass is 10.0. The molecule has 1 aromatic heterocycles. The van der Waals surface area contributed by atoms with E-state index >= 15 is 0 Å². The van der Waals surface area contributed by atoms with E-state index in [1.165, 1.54) is 5.56 Å². The van der Waals surface area contributed by atoms with E-state index in [1.54, 1.807) is 6.20 Å². The second kappa shape index (κ2) is 11.6. The van der Waals surface area contributed by atoms with Crippen LogP contribution in [0.1, 0.15) is 47.8 Å². The van der Waals surface area contributed by atoms with Gasteiger partial charge in [0.05, 0.1) is 5.69 Å². The van der Waals surface area contributed by atoms with Crippen molar-refractivity contribution in [3.8, 4) is 5.75 Å². The SMILES string of the molecule is CCCN(Cc1ccc(OCc2ccccn2)cc1)C1CCN(C(=O)c2ccccc2)CC1. The van der Waals surface area contributed by atoms with Crippen LogP contribution < -0.4 is 4.74 Å². The molecule has 5 nitrogen and oxygen atoms in total. The van der Waals surface area contributed by atoms with Crippen molar-refractivity contribution < 1.29 is 9.53 Å². The van der Waals surface area contributed by atoms with E-state index in [1.807, 2.05) is 65.6 Å². The van der Waals surface area contributed by atoms with E-state index in [0.717, 1.165) is 62.4 Å². The second-order valence-corrected chi connectivity index (χ2v) is 8.61. The molecule has 0 saturated carbocycles. The molecule has 172 valence electrons. The smallest absolute Gasteiger partial charge is 0.253 e. The van der Waals surface area contributed by atoms with Gasteiger partial charge in [0.25, 0.3) is 5.91 Å². The Morgan fingerprint density at radius 3 is 2.39 bits per heavy atom. The van der Waals surface area contributed by atoms with Gasteiger partial charge in [-0.25, -0.2) is 0 Å². The first-order valence-corrected chi connectivity index (χ1v) is 11.9. The molecule has 1 amide bonds. The largest absolute Gasteiger partial charge is 0.487 e. The van der Waals surface area contributed by atoms with Crippen LogP contribution >= 0.6 is 0 Å². The summed E-state index contributed by atoms with van der Waals surface area (Å²) in [6.07, 6.45) is 4.94. The molecule has 4 rings (SSSR count). The van der Waals surface area contributed by atoms with E-state index in [0.29, 0.717) is 12.6 Å². The van der Waals surface area contributed by atoms with Crippen LogP contribution in [-0.4, -0.2) is 46.4 Å². The summed E-state index contributed by atoms with van der Waals surface area (Å²) in [7, 11) is 0. The fraction of sp³-hybridized carbons (Fsp3) is 0.357. The Bertz CT molecular complexity index is 985. The minimum absolute atomic E-state index is 0.150. The highest BCUT2D eigenvalue weighted by molar-refractivity contribution is 5.94. The number of carbonyl (C=O) groups excluding carboxylic acids is 1. The van der Waals surface area contributed by atoms with Crippen molar-refractivity contribution in [2.75, 3.05) is 19.6 Å². The first-order valence-electron chi connectivity index (χ1n) is 11.9. The Labute approximate surface area is 197 Å². The standard InChI is InChI=1S/C28H33N3O2/c1-2-18-31(26-15-19-30(20-16-26)28(32)24-8-4-3-5-9-24)21-23-11-13-27(14-12-23)33-22-25-10-6-7-17-29-25/h3-14,17,26H,2,15-16,18-22H2,1H3. The third-order valence-electron chi connectivity index (χ3n) is 6.22. The molecule has 3 aromatic rings. The number of hydrogen-bond acceptors (Lipinski definition) is 4. The van der Waals surface area contributed by atoms with Crippen molar-refractivity contribution in [3.05, 3.63) is 95.8 Å². The molecule has 1 aliphatic heterocycles. The monoisotopic (exact) mass is 443 g/mol. The molecule has 33 heavy (non-hydrogen) atoms. The zero-order valence-electron chi connectivity index (χ0n) is 19.4. The maximum Gasteiger partial charge on any atom is 0.253 e. The van der Waals surface area contributed by atoms with Gasteiger partial charge < -0.3 is 9.64 Å². The topological polar surface area (TPSA) is 45.7 Å². The highest BCUT2D eigenvalue weighted by Crippen LogP contribution is 2.22. The Morgan fingerprint density at radius 1 is 1.00 bits per heavy atom. The van der Waals surface area contributed by atoms with Gasteiger partial charge in [0.2, 0.25) is 0 Å². The van der Waals surface area contributed by atoms with Gasteiger partial charge in [0.1, 0.15) is 12.4 Å². The van der Waals surface area contributed by atoms with E-state index in [9.17, 15) is 4.79 Å². The molecular formula is C28H33N3O2. The summed E-state index contributed by atoms with van der Waals surface area (Å²) in [5, 5.41) is 0. The van der Waals surface area contributed by atoms with E-state index < -0.39 is 0 Å². The minimum Gasteiger partial charge on any atom is -0.487 e. The number of aromatic nitrogens is 1. The van der Waals surface area contributed by atoms with E-state index in [2.05, 4.69) is 28.9 Å². The van der Waals surface area contributed by atoms with E-state index in [-0.39, 0.29) is 5.91 Å². The molecule has 5 heteroatoms. The second-order valence-electron chi connectivity index (χ2n) is 8.61. The molecule has 0 unspecified atom stereocenters. The minimum atomic E-state index is 0.150. The van der Waals surface area contributed by atoms with Crippen LogP contribution in [0.3, 0.4) is 0 Å². The van der Waals surface area contributed by atoms with E-state index in [4.69, 9.17) is 4.74 Å². The lowest BCUT2D eigenvalue weighted by Crippen LogP contribution is -2.46. The summed E-state index contributed by atoms with van der Waals surface area (Å²) in [4.78, 5) is 21.6. The molecule has 0 radical (unpaired) electrons. The Balaban J connectivity index is 1.30. The number of rotatable bonds is 9. The summed E-state index contributed by atoms with van der Waals surface area (Å²) in [5.74, 6) is 1.01. The van der Waals surface area contributed by atoms with Crippen LogP contribution in [0.25, 0.3) is 0 Å². The van der Waals surface area contributed by atoms with Crippen molar-refractivity contribution >= 4 is 5.91 Å². The average Bonchev–Trinajstić information content (AvgIpc) is 2.89. The van der Waals surface area contributed by atoms with Crippen LogP contribution in [0.4, 0.5) is 0 Å². The third-order valence-corrected chi connectivity index (χ3v) is 6.22.